The van der Waals surface area contributed by atoms with Gasteiger partial charge in [0, 0.05) is 25.4 Å². The molecule has 0 amide bonds. The zero-order valence-electron chi connectivity index (χ0n) is 12.2. The topological polar surface area (TPSA) is 36.4 Å². The average molecular weight is 270 g/mol. The normalized spacial score (nSPS) is 12.6. The lowest BCUT2D eigenvalue weighted by molar-refractivity contribution is 0.178. The summed E-state index contributed by atoms with van der Waals surface area (Å²) in [7, 11) is 2.08. The summed E-state index contributed by atoms with van der Waals surface area (Å²) >= 11 is 0. The van der Waals surface area contributed by atoms with E-state index in [-0.39, 0.29) is 12.6 Å². The van der Waals surface area contributed by atoms with Crippen LogP contribution in [0.25, 0.3) is 0 Å². The first kappa shape index (κ1) is 14.7. The Morgan fingerprint density at radius 3 is 2.55 bits per heavy atom. The maximum Gasteiger partial charge on any atom is 0.0573 e. The summed E-state index contributed by atoms with van der Waals surface area (Å²) in [5, 5.41) is 9.33. The highest BCUT2D eigenvalue weighted by Crippen LogP contribution is 2.24. The Labute approximate surface area is 120 Å². The van der Waals surface area contributed by atoms with E-state index in [1.807, 2.05) is 30.5 Å². The molecule has 0 spiro atoms. The third kappa shape index (κ3) is 3.65. The number of benzene rings is 1. The minimum Gasteiger partial charge on any atom is -0.396 e. The van der Waals surface area contributed by atoms with Crippen LogP contribution in [0.3, 0.4) is 0 Å². The summed E-state index contributed by atoms with van der Waals surface area (Å²) in [4.78, 5) is 6.70. The molecular formula is C17H22N2O. The van der Waals surface area contributed by atoms with Gasteiger partial charge in [-0.1, -0.05) is 36.4 Å². The second-order valence-electron chi connectivity index (χ2n) is 5.12. The molecule has 3 nitrogen and oxygen atoms in total. The van der Waals surface area contributed by atoms with Crippen LogP contribution in [0, 0.1) is 6.92 Å². The van der Waals surface area contributed by atoms with E-state index in [2.05, 4.69) is 42.1 Å². The fourth-order valence-corrected chi connectivity index (χ4v) is 2.47. The maximum absolute atomic E-state index is 9.33. The van der Waals surface area contributed by atoms with Crippen molar-refractivity contribution in [1.82, 2.24) is 9.88 Å². The van der Waals surface area contributed by atoms with E-state index < -0.39 is 0 Å². The molecule has 0 bridgehead atoms. The van der Waals surface area contributed by atoms with Crippen LogP contribution in [0.2, 0.25) is 0 Å². The molecule has 1 aromatic carbocycles. The van der Waals surface area contributed by atoms with Gasteiger partial charge in [-0.05, 0) is 37.6 Å². The van der Waals surface area contributed by atoms with Gasteiger partial charge in [0.05, 0.1) is 5.69 Å². The summed E-state index contributed by atoms with van der Waals surface area (Å²) in [6.45, 7) is 3.05. The van der Waals surface area contributed by atoms with Gasteiger partial charge < -0.3 is 5.11 Å². The fraction of sp³-hybridized carbons (Fsp3) is 0.353. The van der Waals surface area contributed by atoms with Crippen LogP contribution in [0.1, 0.15) is 29.3 Å². The van der Waals surface area contributed by atoms with Crippen LogP contribution in [0.4, 0.5) is 0 Å². The largest absolute Gasteiger partial charge is 0.396 e. The first-order valence-corrected chi connectivity index (χ1v) is 6.99. The Kier molecular flexibility index (Phi) is 5.27. The molecule has 1 unspecified atom stereocenters. The fourth-order valence-electron chi connectivity index (χ4n) is 2.47. The standard InChI is InChI=1S/C17H22N2O/c1-14-7-6-11-18-16(14)13-19(2)17(10-12-20)15-8-4-3-5-9-15/h3-9,11,17,20H,10,12-13H2,1-2H3. The second-order valence-corrected chi connectivity index (χ2v) is 5.12. The van der Waals surface area contributed by atoms with Crippen molar-refractivity contribution < 1.29 is 5.11 Å². The molecule has 106 valence electrons. The number of pyridine rings is 1. The van der Waals surface area contributed by atoms with Crippen LogP contribution in [0.15, 0.2) is 48.7 Å². The van der Waals surface area contributed by atoms with Crippen LogP contribution in [-0.4, -0.2) is 28.6 Å². The second kappa shape index (κ2) is 7.17. The highest BCUT2D eigenvalue weighted by molar-refractivity contribution is 5.21. The van der Waals surface area contributed by atoms with E-state index in [1.165, 1.54) is 11.1 Å². The van der Waals surface area contributed by atoms with Crippen LogP contribution >= 0.6 is 0 Å². The predicted molar refractivity (Wildman–Crippen MR) is 81.3 cm³/mol. The highest BCUT2D eigenvalue weighted by Gasteiger charge is 2.17. The lowest BCUT2D eigenvalue weighted by Gasteiger charge is -2.28. The number of hydrogen-bond acceptors (Lipinski definition) is 3. The van der Waals surface area contributed by atoms with Gasteiger partial charge in [-0.25, -0.2) is 0 Å². The quantitative estimate of drug-likeness (QED) is 0.876. The van der Waals surface area contributed by atoms with Gasteiger partial charge in [0.2, 0.25) is 0 Å². The Morgan fingerprint density at radius 2 is 1.90 bits per heavy atom. The number of nitrogens with zero attached hydrogens (tertiary/aromatic N) is 2. The van der Waals surface area contributed by atoms with Crippen LogP contribution in [-0.2, 0) is 6.54 Å². The molecule has 1 atom stereocenters. The molecule has 1 aromatic heterocycles. The van der Waals surface area contributed by atoms with Crippen molar-refractivity contribution in [3.63, 3.8) is 0 Å². The van der Waals surface area contributed by atoms with Gasteiger partial charge in [0.25, 0.3) is 0 Å². The lowest BCUT2D eigenvalue weighted by Crippen LogP contribution is -2.26. The zero-order valence-corrected chi connectivity index (χ0v) is 12.2. The van der Waals surface area contributed by atoms with Crippen LogP contribution in [0.5, 0.6) is 0 Å². The molecule has 0 saturated heterocycles. The van der Waals surface area contributed by atoms with E-state index in [0.717, 1.165) is 18.7 Å². The maximum atomic E-state index is 9.33. The monoisotopic (exact) mass is 270 g/mol. The Balaban J connectivity index is 2.16. The molecule has 0 fully saturated rings. The van der Waals surface area contributed by atoms with Gasteiger partial charge in [0.1, 0.15) is 0 Å². The zero-order chi connectivity index (χ0) is 14.4. The van der Waals surface area contributed by atoms with Crippen molar-refractivity contribution in [2.75, 3.05) is 13.7 Å². The first-order chi connectivity index (χ1) is 9.72. The molecule has 3 heteroatoms. The van der Waals surface area contributed by atoms with E-state index in [9.17, 15) is 5.11 Å². The van der Waals surface area contributed by atoms with Gasteiger partial charge >= 0.3 is 0 Å². The van der Waals surface area contributed by atoms with Crippen LogP contribution < -0.4 is 0 Å². The molecule has 20 heavy (non-hydrogen) atoms. The van der Waals surface area contributed by atoms with E-state index in [0.29, 0.717) is 0 Å². The molecule has 2 rings (SSSR count). The van der Waals surface area contributed by atoms with E-state index in [4.69, 9.17) is 0 Å². The first-order valence-electron chi connectivity index (χ1n) is 6.99. The number of rotatable bonds is 6. The van der Waals surface area contributed by atoms with Crippen molar-refractivity contribution in [1.29, 1.82) is 0 Å². The van der Waals surface area contributed by atoms with Crippen molar-refractivity contribution in [2.45, 2.75) is 25.9 Å². The highest BCUT2D eigenvalue weighted by atomic mass is 16.3. The van der Waals surface area contributed by atoms with Gasteiger partial charge in [-0.3, -0.25) is 9.88 Å². The molecule has 0 aliphatic carbocycles. The minimum atomic E-state index is 0.186. The number of aliphatic hydroxyl groups is 1. The summed E-state index contributed by atoms with van der Waals surface area (Å²) in [6.07, 6.45) is 2.56. The Hall–Kier alpha value is -1.71. The Bertz CT molecular complexity index is 528. The van der Waals surface area contributed by atoms with E-state index >= 15 is 0 Å². The molecule has 0 aliphatic rings. The average Bonchev–Trinajstić information content (AvgIpc) is 2.48. The summed E-state index contributed by atoms with van der Waals surface area (Å²) in [6, 6.07) is 14.6. The van der Waals surface area contributed by atoms with Crippen molar-refractivity contribution in [3.05, 3.63) is 65.5 Å². The van der Waals surface area contributed by atoms with Crippen molar-refractivity contribution >= 4 is 0 Å². The van der Waals surface area contributed by atoms with Gasteiger partial charge in [0.15, 0.2) is 0 Å². The minimum absolute atomic E-state index is 0.186. The number of hydrogen-bond donors (Lipinski definition) is 1. The Morgan fingerprint density at radius 1 is 1.15 bits per heavy atom. The van der Waals surface area contributed by atoms with E-state index in [1.54, 1.807) is 0 Å². The number of aliphatic hydroxyl groups excluding tert-OH is 1. The molecule has 0 radical (unpaired) electrons. The van der Waals surface area contributed by atoms with Gasteiger partial charge in [-0.15, -0.1) is 0 Å². The summed E-state index contributed by atoms with van der Waals surface area (Å²) in [5.41, 5.74) is 3.53. The van der Waals surface area contributed by atoms with Crippen molar-refractivity contribution in [2.24, 2.45) is 0 Å². The number of aryl methyl sites for hydroxylation is 1. The predicted octanol–water partition coefficient (Wildman–Crippen LogP) is 2.95. The summed E-state index contributed by atoms with van der Waals surface area (Å²) < 4.78 is 0. The third-order valence-corrected chi connectivity index (χ3v) is 3.64. The van der Waals surface area contributed by atoms with Crippen molar-refractivity contribution in [3.8, 4) is 0 Å². The molecule has 1 heterocycles. The molecule has 1 N–H and O–H groups in total. The smallest absolute Gasteiger partial charge is 0.0573 e. The molecular weight excluding hydrogens is 248 g/mol. The molecule has 2 aromatic rings. The molecule has 0 aliphatic heterocycles. The lowest BCUT2D eigenvalue weighted by atomic mass is 10.0. The SMILES string of the molecule is Cc1cccnc1CN(C)C(CCO)c1ccccc1. The number of aromatic nitrogens is 1. The third-order valence-electron chi connectivity index (χ3n) is 3.64. The molecule has 0 saturated carbocycles. The summed E-state index contributed by atoms with van der Waals surface area (Å²) in [5.74, 6) is 0. The van der Waals surface area contributed by atoms with Gasteiger partial charge in [-0.2, -0.15) is 0 Å².